The molecule has 7 nitrogen and oxygen atoms in total. The highest BCUT2D eigenvalue weighted by molar-refractivity contribution is 6.06. The van der Waals surface area contributed by atoms with Gasteiger partial charge in [-0.15, -0.1) is 0 Å². The van der Waals surface area contributed by atoms with Crippen LogP contribution in [0, 0.1) is 0 Å². The molecule has 1 saturated heterocycles. The van der Waals surface area contributed by atoms with Gasteiger partial charge < -0.3 is 15.5 Å². The number of imide groups is 1. The molecule has 0 atom stereocenters. The third-order valence-electron chi connectivity index (χ3n) is 3.39. The maximum absolute atomic E-state index is 12.1. The van der Waals surface area contributed by atoms with E-state index in [0.717, 1.165) is 17.0 Å². The Labute approximate surface area is 129 Å². The fourth-order valence-corrected chi connectivity index (χ4v) is 2.21. The molecule has 1 aromatic carbocycles. The van der Waals surface area contributed by atoms with Gasteiger partial charge in [0.1, 0.15) is 13.1 Å². The Balaban J connectivity index is 2.00. The Bertz CT molecular complexity index is 588. The molecule has 7 heteroatoms. The van der Waals surface area contributed by atoms with Gasteiger partial charge in [-0.2, -0.15) is 0 Å². The summed E-state index contributed by atoms with van der Waals surface area (Å²) in [6.07, 6.45) is 0. The number of para-hydroxylation sites is 1. The van der Waals surface area contributed by atoms with Gasteiger partial charge in [-0.25, -0.2) is 4.79 Å². The van der Waals surface area contributed by atoms with Crippen molar-refractivity contribution >= 4 is 23.5 Å². The number of urea groups is 1. The number of nitrogens with zero attached hydrogens (tertiary/aromatic N) is 2. The summed E-state index contributed by atoms with van der Waals surface area (Å²) in [7, 11) is 1.53. The van der Waals surface area contributed by atoms with Crippen molar-refractivity contribution in [2.45, 2.75) is 13.5 Å². The van der Waals surface area contributed by atoms with E-state index in [0.29, 0.717) is 12.2 Å². The normalized spacial score (nSPS) is 14.6. The number of nitrogens with one attached hydrogen (secondary N) is 2. The second-order valence-corrected chi connectivity index (χ2v) is 5.10. The van der Waals surface area contributed by atoms with Crippen LogP contribution in [0.5, 0.6) is 0 Å². The minimum atomic E-state index is -0.443. The summed E-state index contributed by atoms with van der Waals surface area (Å²) >= 11 is 0. The van der Waals surface area contributed by atoms with Crippen LogP contribution < -0.4 is 10.6 Å². The summed E-state index contributed by atoms with van der Waals surface area (Å²) in [4.78, 5) is 37.8. The SMILES string of the molecule is CCNCc1ccccc1NC(=O)CN1C(=O)CN(C)C1=O. The first kappa shape index (κ1) is 16.0. The van der Waals surface area contributed by atoms with E-state index in [4.69, 9.17) is 0 Å². The van der Waals surface area contributed by atoms with Crippen LogP contribution in [0.25, 0.3) is 0 Å². The average Bonchev–Trinajstić information content (AvgIpc) is 2.73. The monoisotopic (exact) mass is 304 g/mol. The number of carbonyl (C=O) groups is 3. The maximum atomic E-state index is 12.1. The number of carbonyl (C=O) groups excluding carboxylic acids is 3. The van der Waals surface area contributed by atoms with Gasteiger partial charge in [0.15, 0.2) is 0 Å². The number of hydrogen-bond donors (Lipinski definition) is 2. The standard InChI is InChI=1S/C15H20N4O3/c1-3-16-8-11-6-4-5-7-12(11)17-13(20)9-19-14(21)10-18(2)15(19)22/h4-7,16H,3,8-10H2,1-2H3,(H,17,20). The van der Waals surface area contributed by atoms with Gasteiger partial charge in [0.05, 0.1) is 0 Å². The van der Waals surface area contributed by atoms with Crippen LogP contribution in [-0.2, 0) is 16.1 Å². The molecule has 0 saturated carbocycles. The zero-order valence-corrected chi connectivity index (χ0v) is 12.8. The number of anilines is 1. The van der Waals surface area contributed by atoms with E-state index in [2.05, 4.69) is 10.6 Å². The molecule has 2 rings (SSSR count). The molecule has 0 bridgehead atoms. The van der Waals surface area contributed by atoms with Gasteiger partial charge in [-0.1, -0.05) is 25.1 Å². The van der Waals surface area contributed by atoms with Crippen LogP contribution in [0.4, 0.5) is 10.5 Å². The van der Waals surface area contributed by atoms with Crippen LogP contribution in [0.3, 0.4) is 0 Å². The maximum Gasteiger partial charge on any atom is 0.327 e. The smallest absolute Gasteiger partial charge is 0.324 e. The third kappa shape index (κ3) is 3.62. The molecule has 1 aromatic rings. The van der Waals surface area contributed by atoms with Gasteiger partial charge in [-0.3, -0.25) is 14.5 Å². The number of amides is 4. The van der Waals surface area contributed by atoms with E-state index in [9.17, 15) is 14.4 Å². The Kier molecular flexibility index (Phi) is 5.11. The minimum absolute atomic E-state index is 0.0170. The van der Waals surface area contributed by atoms with Crippen molar-refractivity contribution in [3.05, 3.63) is 29.8 Å². The lowest BCUT2D eigenvalue weighted by Crippen LogP contribution is -2.38. The van der Waals surface area contributed by atoms with Crippen molar-refractivity contribution < 1.29 is 14.4 Å². The number of benzene rings is 1. The molecular formula is C15H20N4O3. The van der Waals surface area contributed by atoms with Crippen molar-refractivity contribution in [2.75, 3.05) is 32.0 Å². The van der Waals surface area contributed by atoms with Crippen molar-refractivity contribution in [2.24, 2.45) is 0 Å². The molecule has 0 aromatic heterocycles. The molecular weight excluding hydrogens is 284 g/mol. The van der Waals surface area contributed by atoms with Crippen LogP contribution in [0.2, 0.25) is 0 Å². The highest BCUT2D eigenvalue weighted by Gasteiger charge is 2.34. The summed E-state index contributed by atoms with van der Waals surface area (Å²) in [5.41, 5.74) is 1.63. The fourth-order valence-electron chi connectivity index (χ4n) is 2.21. The topological polar surface area (TPSA) is 81.8 Å². The Hall–Kier alpha value is -2.41. The lowest BCUT2D eigenvalue weighted by Gasteiger charge is -2.15. The lowest BCUT2D eigenvalue weighted by atomic mass is 10.1. The average molecular weight is 304 g/mol. The highest BCUT2D eigenvalue weighted by atomic mass is 16.2. The van der Waals surface area contributed by atoms with Crippen molar-refractivity contribution in [1.82, 2.24) is 15.1 Å². The molecule has 22 heavy (non-hydrogen) atoms. The van der Waals surface area contributed by atoms with Gasteiger partial charge in [0, 0.05) is 19.3 Å². The Morgan fingerprint density at radius 3 is 2.64 bits per heavy atom. The predicted molar refractivity (Wildman–Crippen MR) is 82.2 cm³/mol. The third-order valence-corrected chi connectivity index (χ3v) is 3.39. The molecule has 1 aliphatic rings. The first-order valence-corrected chi connectivity index (χ1v) is 7.17. The van der Waals surface area contributed by atoms with Gasteiger partial charge in [0.2, 0.25) is 5.91 Å². The van der Waals surface area contributed by atoms with E-state index in [1.807, 2.05) is 25.1 Å². The molecule has 118 valence electrons. The summed E-state index contributed by atoms with van der Waals surface area (Å²) in [5.74, 6) is -0.746. The second kappa shape index (κ2) is 7.04. The first-order chi connectivity index (χ1) is 10.5. The predicted octanol–water partition coefficient (Wildman–Crippen LogP) is 0.629. The van der Waals surface area contributed by atoms with Crippen LogP contribution in [-0.4, -0.2) is 54.3 Å². The van der Waals surface area contributed by atoms with Crippen molar-refractivity contribution in [3.8, 4) is 0 Å². The molecule has 0 aliphatic carbocycles. The first-order valence-electron chi connectivity index (χ1n) is 7.17. The highest BCUT2D eigenvalue weighted by Crippen LogP contribution is 2.15. The molecule has 2 N–H and O–H groups in total. The van der Waals surface area contributed by atoms with E-state index in [1.165, 1.54) is 11.9 Å². The summed E-state index contributed by atoms with van der Waals surface area (Å²) in [6, 6.07) is 6.99. The zero-order valence-electron chi connectivity index (χ0n) is 12.8. The molecule has 1 fully saturated rings. The van der Waals surface area contributed by atoms with Crippen LogP contribution in [0.15, 0.2) is 24.3 Å². The quantitative estimate of drug-likeness (QED) is 0.755. The summed E-state index contributed by atoms with van der Waals surface area (Å²) < 4.78 is 0. The fraction of sp³-hybridized carbons (Fsp3) is 0.400. The summed E-state index contributed by atoms with van der Waals surface area (Å²) in [6.45, 7) is 3.21. The molecule has 0 spiro atoms. The largest absolute Gasteiger partial charge is 0.327 e. The minimum Gasteiger partial charge on any atom is -0.324 e. The van der Waals surface area contributed by atoms with E-state index < -0.39 is 6.03 Å². The molecule has 1 aliphatic heterocycles. The second-order valence-electron chi connectivity index (χ2n) is 5.10. The lowest BCUT2D eigenvalue weighted by molar-refractivity contribution is -0.129. The van der Waals surface area contributed by atoms with E-state index in [1.54, 1.807) is 6.07 Å². The van der Waals surface area contributed by atoms with Crippen LogP contribution >= 0.6 is 0 Å². The molecule has 0 unspecified atom stereocenters. The van der Waals surface area contributed by atoms with E-state index >= 15 is 0 Å². The zero-order chi connectivity index (χ0) is 16.1. The molecule has 0 radical (unpaired) electrons. The molecule has 4 amide bonds. The number of hydrogen-bond acceptors (Lipinski definition) is 4. The van der Waals surface area contributed by atoms with Gasteiger partial charge >= 0.3 is 6.03 Å². The van der Waals surface area contributed by atoms with Gasteiger partial charge in [0.25, 0.3) is 5.91 Å². The number of rotatable bonds is 6. The van der Waals surface area contributed by atoms with Crippen molar-refractivity contribution in [3.63, 3.8) is 0 Å². The number of likely N-dealkylation sites (N-methyl/N-ethyl adjacent to an activating group) is 1. The Morgan fingerprint density at radius 2 is 2.00 bits per heavy atom. The Morgan fingerprint density at radius 1 is 1.27 bits per heavy atom. The van der Waals surface area contributed by atoms with Gasteiger partial charge in [-0.05, 0) is 18.2 Å². The van der Waals surface area contributed by atoms with Crippen molar-refractivity contribution in [1.29, 1.82) is 0 Å². The summed E-state index contributed by atoms with van der Waals surface area (Å²) in [5, 5.41) is 5.95. The van der Waals surface area contributed by atoms with E-state index in [-0.39, 0.29) is 24.9 Å². The van der Waals surface area contributed by atoms with Crippen LogP contribution in [0.1, 0.15) is 12.5 Å². The molecule has 1 heterocycles.